The largest absolute Gasteiger partial charge is 0.397 e. The summed E-state index contributed by atoms with van der Waals surface area (Å²) in [6.07, 6.45) is 1.43. The zero-order valence-electron chi connectivity index (χ0n) is 16.8. The maximum absolute atomic E-state index is 13.0. The Kier molecular flexibility index (Phi) is 4.92. The van der Waals surface area contributed by atoms with Gasteiger partial charge in [-0.1, -0.05) is 24.8 Å². The summed E-state index contributed by atoms with van der Waals surface area (Å²) in [6.45, 7) is 5.10. The molecule has 2 aromatic carbocycles. The predicted molar refractivity (Wildman–Crippen MR) is 121 cm³/mol. The van der Waals surface area contributed by atoms with Gasteiger partial charge < -0.3 is 27.1 Å². The molecule has 4 aromatic rings. The number of fused-ring (bicyclic) bond motifs is 1. The van der Waals surface area contributed by atoms with E-state index >= 15 is 0 Å². The van der Waals surface area contributed by atoms with E-state index in [2.05, 4.69) is 27.3 Å². The lowest BCUT2D eigenvalue weighted by molar-refractivity contribution is -0.118. The standard InChI is InChI=1S/C22H21N7O2/c1-12(26-13(2)30)27-19-8-7-15(10-17(19)23)29-22(24)16(11-25-29)21(31)20-9-14-5-3-4-6-18(14)28-20/h3-11,27-28H,1,23-24H2,2H3,(H,26,30). The number of carbonyl (C=O) groups excluding carboxylic acids is 2. The summed E-state index contributed by atoms with van der Waals surface area (Å²) in [7, 11) is 0. The topological polar surface area (TPSA) is 144 Å². The van der Waals surface area contributed by atoms with Crippen LogP contribution in [0.15, 0.2) is 67.1 Å². The van der Waals surface area contributed by atoms with Gasteiger partial charge in [-0.2, -0.15) is 5.10 Å². The van der Waals surface area contributed by atoms with Crippen molar-refractivity contribution in [2.24, 2.45) is 0 Å². The molecule has 0 unspecified atom stereocenters. The Balaban J connectivity index is 1.60. The van der Waals surface area contributed by atoms with Crippen LogP contribution >= 0.6 is 0 Å². The van der Waals surface area contributed by atoms with E-state index in [-0.39, 0.29) is 23.1 Å². The molecule has 0 radical (unpaired) electrons. The molecular weight excluding hydrogens is 394 g/mol. The number of nitrogens with two attached hydrogens (primary N) is 2. The highest BCUT2D eigenvalue weighted by Crippen LogP contribution is 2.26. The summed E-state index contributed by atoms with van der Waals surface area (Å²) >= 11 is 0. The lowest BCUT2D eigenvalue weighted by Crippen LogP contribution is -2.23. The molecule has 0 atom stereocenters. The van der Waals surface area contributed by atoms with Crippen molar-refractivity contribution in [3.05, 3.63) is 78.4 Å². The van der Waals surface area contributed by atoms with Gasteiger partial charge in [0.25, 0.3) is 0 Å². The number of amides is 1. The van der Waals surface area contributed by atoms with Crippen LogP contribution in [0, 0.1) is 0 Å². The highest BCUT2D eigenvalue weighted by atomic mass is 16.1. The normalized spacial score (nSPS) is 10.7. The van der Waals surface area contributed by atoms with Crippen LogP contribution in [0.3, 0.4) is 0 Å². The van der Waals surface area contributed by atoms with E-state index in [9.17, 15) is 9.59 Å². The SMILES string of the molecule is C=C(NC(C)=O)Nc1ccc(-n2ncc(C(=O)c3cc4ccccc4[nH]3)c2N)cc1N. The molecule has 0 saturated heterocycles. The number of hydrogen-bond donors (Lipinski definition) is 5. The molecule has 0 fully saturated rings. The Morgan fingerprint density at radius 1 is 1.13 bits per heavy atom. The van der Waals surface area contributed by atoms with Gasteiger partial charge in [0, 0.05) is 17.8 Å². The first-order chi connectivity index (χ1) is 14.8. The first-order valence-electron chi connectivity index (χ1n) is 9.43. The zero-order valence-corrected chi connectivity index (χ0v) is 16.8. The smallest absolute Gasteiger partial charge is 0.222 e. The number of aromatic nitrogens is 3. The Labute approximate surface area is 177 Å². The number of H-pyrrole nitrogens is 1. The van der Waals surface area contributed by atoms with Crippen LogP contribution in [0.1, 0.15) is 23.0 Å². The molecule has 2 heterocycles. The van der Waals surface area contributed by atoms with Gasteiger partial charge in [-0.3, -0.25) is 9.59 Å². The van der Waals surface area contributed by atoms with Crippen LogP contribution in [0.2, 0.25) is 0 Å². The molecule has 2 aromatic heterocycles. The summed E-state index contributed by atoms with van der Waals surface area (Å²) in [5.41, 5.74) is 15.5. The van der Waals surface area contributed by atoms with E-state index in [0.29, 0.717) is 28.6 Å². The van der Waals surface area contributed by atoms with Gasteiger partial charge in [0.2, 0.25) is 11.7 Å². The maximum atomic E-state index is 13.0. The second-order valence-corrected chi connectivity index (χ2v) is 7.01. The van der Waals surface area contributed by atoms with E-state index in [4.69, 9.17) is 11.5 Å². The van der Waals surface area contributed by atoms with Crippen molar-refractivity contribution in [1.29, 1.82) is 0 Å². The molecule has 0 aliphatic carbocycles. The van der Waals surface area contributed by atoms with Crippen LogP contribution in [0.4, 0.5) is 17.2 Å². The second-order valence-electron chi connectivity index (χ2n) is 7.01. The van der Waals surface area contributed by atoms with E-state index < -0.39 is 0 Å². The van der Waals surface area contributed by atoms with Crippen molar-refractivity contribution in [1.82, 2.24) is 20.1 Å². The lowest BCUT2D eigenvalue weighted by Gasteiger charge is -2.13. The number of ketones is 1. The molecule has 9 nitrogen and oxygen atoms in total. The molecule has 0 bridgehead atoms. The summed E-state index contributed by atoms with van der Waals surface area (Å²) in [5, 5.41) is 10.7. The van der Waals surface area contributed by atoms with Gasteiger partial charge in [0.1, 0.15) is 11.6 Å². The molecule has 156 valence electrons. The molecule has 0 aliphatic rings. The second kappa shape index (κ2) is 7.71. The van der Waals surface area contributed by atoms with Gasteiger partial charge in [-0.05, 0) is 30.3 Å². The monoisotopic (exact) mass is 415 g/mol. The number of nitrogen functional groups attached to an aromatic ring is 2. The quantitative estimate of drug-likeness (QED) is 0.242. The number of para-hydroxylation sites is 1. The third kappa shape index (κ3) is 3.84. The van der Waals surface area contributed by atoms with E-state index in [1.54, 1.807) is 24.3 Å². The number of benzene rings is 2. The molecular formula is C22H21N7O2. The molecule has 9 heteroatoms. The highest BCUT2D eigenvalue weighted by molar-refractivity contribution is 6.12. The minimum absolute atomic E-state index is 0.200. The Morgan fingerprint density at radius 3 is 2.61 bits per heavy atom. The predicted octanol–water partition coefficient (Wildman–Crippen LogP) is 2.77. The molecule has 4 rings (SSSR count). The van der Waals surface area contributed by atoms with Crippen LogP contribution in [0.5, 0.6) is 0 Å². The number of nitrogens with one attached hydrogen (secondary N) is 3. The van der Waals surface area contributed by atoms with Gasteiger partial charge in [0.05, 0.1) is 34.5 Å². The maximum Gasteiger partial charge on any atom is 0.222 e. The molecule has 1 amide bonds. The van der Waals surface area contributed by atoms with Crippen molar-refractivity contribution in [2.45, 2.75) is 6.92 Å². The Morgan fingerprint density at radius 2 is 1.90 bits per heavy atom. The van der Waals surface area contributed by atoms with Gasteiger partial charge in [-0.25, -0.2) is 4.68 Å². The Hall–Kier alpha value is -4.53. The summed E-state index contributed by atoms with van der Waals surface area (Å²) in [4.78, 5) is 27.2. The van der Waals surface area contributed by atoms with Crippen molar-refractivity contribution < 1.29 is 9.59 Å². The zero-order chi connectivity index (χ0) is 22.1. The van der Waals surface area contributed by atoms with Crippen molar-refractivity contribution in [2.75, 3.05) is 16.8 Å². The summed E-state index contributed by atoms with van der Waals surface area (Å²) in [5.74, 6) is 0.00479. The van der Waals surface area contributed by atoms with Gasteiger partial charge in [0.15, 0.2) is 0 Å². The molecule has 0 saturated carbocycles. The third-order valence-corrected chi connectivity index (χ3v) is 4.72. The third-order valence-electron chi connectivity index (χ3n) is 4.72. The Bertz CT molecular complexity index is 1300. The number of anilines is 3. The fraction of sp³-hybridized carbons (Fsp3) is 0.0455. The number of carbonyl (C=O) groups is 2. The van der Waals surface area contributed by atoms with Gasteiger partial charge in [-0.15, -0.1) is 0 Å². The summed E-state index contributed by atoms with van der Waals surface area (Å²) < 4.78 is 1.44. The van der Waals surface area contributed by atoms with Crippen molar-refractivity contribution in [3.8, 4) is 5.69 Å². The fourth-order valence-electron chi connectivity index (χ4n) is 3.28. The van der Waals surface area contributed by atoms with Crippen LogP contribution in [-0.4, -0.2) is 26.5 Å². The van der Waals surface area contributed by atoms with E-state index in [1.165, 1.54) is 17.8 Å². The highest BCUT2D eigenvalue weighted by Gasteiger charge is 2.20. The average molecular weight is 415 g/mol. The molecule has 31 heavy (non-hydrogen) atoms. The van der Waals surface area contributed by atoms with Crippen LogP contribution in [-0.2, 0) is 4.79 Å². The minimum atomic E-state index is -0.252. The first kappa shape index (κ1) is 19.8. The number of aromatic amines is 1. The van der Waals surface area contributed by atoms with Crippen LogP contribution < -0.4 is 22.1 Å². The van der Waals surface area contributed by atoms with E-state index in [0.717, 1.165) is 10.9 Å². The molecule has 7 N–H and O–H groups in total. The number of hydrogen-bond acceptors (Lipinski definition) is 6. The fourth-order valence-corrected chi connectivity index (χ4v) is 3.28. The molecule has 0 aliphatic heterocycles. The lowest BCUT2D eigenvalue weighted by atomic mass is 10.1. The first-order valence-corrected chi connectivity index (χ1v) is 9.43. The molecule has 0 spiro atoms. The van der Waals surface area contributed by atoms with Crippen molar-refractivity contribution in [3.63, 3.8) is 0 Å². The average Bonchev–Trinajstić information content (AvgIpc) is 3.32. The number of nitrogens with zero attached hydrogens (tertiary/aromatic N) is 2. The number of rotatable bonds is 6. The van der Waals surface area contributed by atoms with Gasteiger partial charge >= 0.3 is 0 Å². The summed E-state index contributed by atoms with van der Waals surface area (Å²) in [6, 6.07) is 14.5. The van der Waals surface area contributed by atoms with Crippen LogP contribution in [0.25, 0.3) is 16.6 Å². The minimum Gasteiger partial charge on any atom is -0.397 e. The van der Waals surface area contributed by atoms with E-state index in [1.807, 2.05) is 24.3 Å². The van der Waals surface area contributed by atoms with Crippen molar-refractivity contribution >= 4 is 39.8 Å².